The third-order valence-electron chi connectivity index (χ3n) is 4.91. The lowest BCUT2D eigenvalue weighted by Crippen LogP contribution is -2.60. The summed E-state index contributed by atoms with van der Waals surface area (Å²) in [5, 5.41) is 0. The van der Waals surface area contributed by atoms with Crippen molar-refractivity contribution in [1.29, 1.82) is 0 Å². The van der Waals surface area contributed by atoms with Gasteiger partial charge in [0.15, 0.2) is 11.3 Å². The summed E-state index contributed by atoms with van der Waals surface area (Å²) in [7, 11) is 4.40. The maximum Gasteiger partial charge on any atom is 0.190 e. The molecule has 0 aliphatic heterocycles. The zero-order valence-electron chi connectivity index (χ0n) is 16.7. The van der Waals surface area contributed by atoms with Gasteiger partial charge in [-0.2, -0.15) is 0 Å². The Labute approximate surface area is 154 Å². The van der Waals surface area contributed by atoms with Crippen molar-refractivity contribution in [1.82, 2.24) is 0 Å². The lowest BCUT2D eigenvalue weighted by Gasteiger charge is -2.48. The number of hydrogen-bond donors (Lipinski definition) is 0. The molecule has 0 aliphatic carbocycles. The van der Waals surface area contributed by atoms with Gasteiger partial charge in [0.1, 0.15) is 14.1 Å². The maximum absolute atomic E-state index is 6.56. The van der Waals surface area contributed by atoms with Crippen molar-refractivity contribution in [2.24, 2.45) is 11.8 Å². The zero-order valence-corrected chi connectivity index (χ0v) is 16.7. The summed E-state index contributed by atoms with van der Waals surface area (Å²) in [6, 6.07) is 21.1. The highest BCUT2D eigenvalue weighted by Crippen LogP contribution is 2.44. The summed E-state index contributed by atoms with van der Waals surface area (Å²) in [5.74, 6) is 2.08. The van der Waals surface area contributed by atoms with E-state index in [1.165, 1.54) is 5.56 Å². The van der Waals surface area contributed by atoms with Crippen LogP contribution in [0.5, 0.6) is 5.75 Å². The molecule has 0 bridgehead atoms. The topological polar surface area (TPSA) is 9.23 Å². The molecule has 0 saturated heterocycles. The first-order valence-corrected chi connectivity index (χ1v) is 9.41. The Morgan fingerprint density at radius 3 is 1.64 bits per heavy atom. The normalized spacial score (nSPS) is 12.6. The Balaban J connectivity index is 2.54. The molecule has 136 valence electrons. The fourth-order valence-electron chi connectivity index (χ4n) is 4.00. The van der Waals surface area contributed by atoms with E-state index in [-0.39, 0.29) is 5.54 Å². The van der Waals surface area contributed by atoms with Crippen LogP contribution in [0.4, 0.5) is 0 Å². The van der Waals surface area contributed by atoms with Crippen molar-refractivity contribution in [2.75, 3.05) is 14.1 Å². The third kappa shape index (κ3) is 4.64. The SMILES string of the molecule is CC(C)CC(CC(C)C)(c1ccccc1)[N+](C)(C)Oc1ccccc1. The molecule has 2 heteroatoms. The van der Waals surface area contributed by atoms with Crippen LogP contribution < -0.4 is 4.84 Å². The summed E-state index contributed by atoms with van der Waals surface area (Å²) in [6.07, 6.45) is 2.16. The van der Waals surface area contributed by atoms with Gasteiger partial charge in [0.25, 0.3) is 0 Å². The molecule has 0 saturated carbocycles. The minimum atomic E-state index is -0.0978. The quantitative estimate of drug-likeness (QED) is 0.420. The van der Waals surface area contributed by atoms with Gasteiger partial charge in [-0.05, 0) is 24.0 Å². The van der Waals surface area contributed by atoms with E-state index in [0.29, 0.717) is 16.5 Å². The fourth-order valence-corrected chi connectivity index (χ4v) is 4.00. The molecular weight excluding hydrogens is 306 g/mol. The Bertz CT molecular complexity index is 622. The summed E-state index contributed by atoms with van der Waals surface area (Å²) >= 11 is 0. The monoisotopic (exact) mass is 340 g/mol. The van der Waals surface area contributed by atoms with Crippen LogP contribution in [-0.4, -0.2) is 18.7 Å². The molecule has 0 unspecified atom stereocenters. The van der Waals surface area contributed by atoms with Gasteiger partial charge >= 0.3 is 0 Å². The minimum absolute atomic E-state index is 0.0978. The second-order valence-corrected chi connectivity index (χ2v) is 8.35. The molecular formula is C23H34NO+. The molecule has 25 heavy (non-hydrogen) atoms. The Kier molecular flexibility index (Phi) is 6.29. The van der Waals surface area contributed by atoms with E-state index < -0.39 is 0 Å². The van der Waals surface area contributed by atoms with Crippen molar-refractivity contribution in [3.05, 3.63) is 66.2 Å². The molecule has 2 aromatic carbocycles. The molecule has 2 rings (SSSR count). The van der Waals surface area contributed by atoms with Crippen molar-refractivity contribution in [2.45, 2.75) is 46.1 Å². The molecule has 0 radical (unpaired) electrons. The second kappa shape index (κ2) is 8.05. The number of nitrogens with zero attached hydrogens (tertiary/aromatic N) is 1. The van der Waals surface area contributed by atoms with Crippen LogP contribution in [0.15, 0.2) is 60.7 Å². The van der Waals surface area contributed by atoms with E-state index in [1.807, 2.05) is 30.3 Å². The summed E-state index contributed by atoms with van der Waals surface area (Å²) < 4.78 is 0.484. The minimum Gasteiger partial charge on any atom is -0.315 e. The molecule has 0 heterocycles. The first kappa shape index (κ1) is 19.5. The molecule has 0 aliphatic rings. The van der Waals surface area contributed by atoms with Crippen LogP contribution in [0, 0.1) is 11.8 Å². The van der Waals surface area contributed by atoms with Gasteiger partial charge < -0.3 is 4.84 Å². The van der Waals surface area contributed by atoms with Gasteiger partial charge in [-0.1, -0.05) is 76.2 Å². The van der Waals surface area contributed by atoms with Gasteiger partial charge in [0.2, 0.25) is 0 Å². The molecule has 0 aromatic heterocycles. The smallest absolute Gasteiger partial charge is 0.190 e. The molecule has 2 aromatic rings. The number of benzene rings is 2. The fraction of sp³-hybridized carbons (Fsp3) is 0.478. The van der Waals surface area contributed by atoms with Crippen LogP contribution in [0.25, 0.3) is 0 Å². The number of hydroxylamine groups is 3. The van der Waals surface area contributed by atoms with Gasteiger partial charge in [-0.25, -0.2) is 0 Å². The second-order valence-electron chi connectivity index (χ2n) is 8.35. The van der Waals surface area contributed by atoms with E-state index >= 15 is 0 Å². The van der Waals surface area contributed by atoms with Crippen molar-refractivity contribution >= 4 is 0 Å². The Morgan fingerprint density at radius 2 is 1.20 bits per heavy atom. The predicted molar refractivity (Wildman–Crippen MR) is 106 cm³/mol. The van der Waals surface area contributed by atoms with Crippen molar-refractivity contribution in [3.8, 4) is 5.75 Å². The number of quaternary nitrogens is 1. The highest BCUT2D eigenvalue weighted by Gasteiger charge is 2.50. The van der Waals surface area contributed by atoms with Crippen LogP contribution in [0.3, 0.4) is 0 Å². The number of rotatable bonds is 8. The number of hydrogen-bond acceptors (Lipinski definition) is 1. The highest BCUT2D eigenvalue weighted by molar-refractivity contribution is 5.24. The average Bonchev–Trinajstić information content (AvgIpc) is 2.54. The van der Waals surface area contributed by atoms with Crippen molar-refractivity contribution in [3.63, 3.8) is 0 Å². The first-order chi connectivity index (χ1) is 11.8. The van der Waals surface area contributed by atoms with Crippen LogP contribution in [0.2, 0.25) is 0 Å². The van der Waals surface area contributed by atoms with E-state index in [0.717, 1.165) is 18.6 Å². The molecule has 0 fully saturated rings. The highest BCUT2D eigenvalue weighted by atomic mass is 16.7. The van der Waals surface area contributed by atoms with Crippen LogP contribution in [-0.2, 0) is 5.54 Å². The maximum atomic E-state index is 6.56. The van der Waals surface area contributed by atoms with E-state index in [4.69, 9.17) is 4.84 Å². The van der Waals surface area contributed by atoms with Crippen LogP contribution in [0.1, 0.15) is 46.1 Å². The summed E-state index contributed by atoms with van der Waals surface area (Å²) in [5.41, 5.74) is 1.26. The molecule has 0 atom stereocenters. The lowest BCUT2D eigenvalue weighted by atomic mass is 9.75. The molecule has 2 nitrogen and oxygen atoms in total. The molecule has 0 spiro atoms. The summed E-state index contributed by atoms with van der Waals surface area (Å²) in [6.45, 7) is 9.22. The lowest BCUT2D eigenvalue weighted by molar-refractivity contribution is -1.10. The molecule has 0 amide bonds. The average molecular weight is 341 g/mol. The van der Waals surface area contributed by atoms with Crippen molar-refractivity contribution < 1.29 is 9.48 Å². The zero-order chi connectivity index (χ0) is 18.5. The van der Waals surface area contributed by atoms with E-state index in [1.54, 1.807) is 0 Å². The van der Waals surface area contributed by atoms with E-state index in [2.05, 4.69) is 72.1 Å². The van der Waals surface area contributed by atoms with Gasteiger partial charge in [-0.15, -0.1) is 4.65 Å². The number of para-hydroxylation sites is 1. The van der Waals surface area contributed by atoms with Gasteiger partial charge in [0.05, 0.1) is 0 Å². The third-order valence-corrected chi connectivity index (χ3v) is 4.91. The molecule has 0 N–H and O–H groups in total. The largest absolute Gasteiger partial charge is 0.315 e. The van der Waals surface area contributed by atoms with E-state index in [9.17, 15) is 0 Å². The summed E-state index contributed by atoms with van der Waals surface area (Å²) in [4.78, 5) is 6.56. The standard InChI is InChI=1S/C23H34NO/c1-19(2)17-23(18-20(3)4,21-13-9-7-10-14-21)24(5,6)25-22-15-11-8-12-16-22/h7-16,19-20H,17-18H2,1-6H3/q+1. The van der Waals surface area contributed by atoms with Gasteiger partial charge in [0, 0.05) is 18.4 Å². The van der Waals surface area contributed by atoms with Crippen LogP contribution >= 0.6 is 0 Å². The first-order valence-electron chi connectivity index (χ1n) is 9.41. The predicted octanol–water partition coefficient (Wildman–Crippen LogP) is 6.04. The Morgan fingerprint density at radius 1 is 0.760 bits per heavy atom. The Hall–Kier alpha value is -1.80. The van der Waals surface area contributed by atoms with Gasteiger partial charge in [-0.3, -0.25) is 0 Å².